The van der Waals surface area contributed by atoms with Crippen LogP contribution in [0.25, 0.3) is 0 Å². The molecule has 0 aromatic carbocycles. The van der Waals surface area contributed by atoms with Crippen molar-refractivity contribution in [3.05, 3.63) is 36.4 Å². The van der Waals surface area contributed by atoms with E-state index in [2.05, 4.69) is 15.3 Å². The monoisotopic (exact) mass is 391 g/mol. The first-order valence-corrected chi connectivity index (χ1v) is 10.5. The van der Waals surface area contributed by atoms with Gasteiger partial charge in [0.05, 0.1) is 6.33 Å². The van der Waals surface area contributed by atoms with Gasteiger partial charge in [0.25, 0.3) is 10.0 Å². The van der Waals surface area contributed by atoms with Gasteiger partial charge in [-0.05, 0) is 45.2 Å². The van der Waals surface area contributed by atoms with Gasteiger partial charge in [-0.1, -0.05) is 6.07 Å². The molecule has 1 aliphatic rings. The molecule has 3 heterocycles. The van der Waals surface area contributed by atoms with Gasteiger partial charge in [0.2, 0.25) is 5.91 Å². The number of aryl methyl sites for hydroxylation is 1. The van der Waals surface area contributed by atoms with E-state index < -0.39 is 10.0 Å². The van der Waals surface area contributed by atoms with Crippen LogP contribution in [0.1, 0.15) is 38.3 Å². The summed E-state index contributed by atoms with van der Waals surface area (Å²) >= 11 is 0. The third-order valence-corrected chi connectivity index (χ3v) is 6.55. The number of nitrogens with zero attached hydrogens (tertiary/aromatic N) is 4. The van der Waals surface area contributed by atoms with Crippen LogP contribution in [0.15, 0.2) is 35.9 Å². The van der Waals surface area contributed by atoms with E-state index in [1.807, 2.05) is 26.8 Å². The van der Waals surface area contributed by atoms with Crippen LogP contribution < -0.4 is 5.32 Å². The van der Waals surface area contributed by atoms with E-state index in [0.717, 1.165) is 5.56 Å². The second kappa shape index (κ2) is 7.77. The Labute approximate surface area is 159 Å². The first-order valence-electron chi connectivity index (χ1n) is 9.04. The van der Waals surface area contributed by atoms with Crippen LogP contribution in [0.5, 0.6) is 0 Å². The number of hydrogen-bond donors (Lipinski definition) is 1. The summed E-state index contributed by atoms with van der Waals surface area (Å²) in [6.45, 7) is 6.46. The summed E-state index contributed by atoms with van der Waals surface area (Å²) in [5.41, 5.74) is 1.02. The average Bonchev–Trinajstić information content (AvgIpc) is 3.15. The number of imidazole rings is 1. The fourth-order valence-electron chi connectivity index (χ4n) is 2.99. The summed E-state index contributed by atoms with van der Waals surface area (Å²) in [6.07, 6.45) is 5.74. The lowest BCUT2D eigenvalue weighted by atomic mass is 9.97. The maximum absolute atomic E-state index is 12.8. The zero-order valence-electron chi connectivity index (χ0n) is 15.8. The molecule has 27 heavy (non-hydrogen) atoms. The van der Waals surface area contributed by atoms with Crippen molar-refractivity contribution in [2.24, 2.45) is 5.92 Å². The predicted octanol–water partition coefficient (Wildman–Crippen LogP) is 2.21. The Hall–Kier alpha value is -2.26. The standard InChI is InChI=1S/C18H25N5O3S/c1-13(2)22-11-17(20-12-22)27(25,26)23-8-6-15(7-9-23)18(24)21-16-5-4-14(3)10-19-16/h4-5,10-13,15H,6-9H2,1-3H3,(H,19,21,24). The van der Waals surface area contributed by atoms with Crippen molar-refractivity contribution in [2.45, 2.75) is 44.7 Å². The number of amides is 1. The molecule has 2 aromatic heterocycles. The third kappa shape index (κ3) is 4.36. The van der Waals surface area contributed by atoms with Crippen LogP contribution in [-0.2, 0) is 14.8 Å². The molecule has 1 N–H and O–H groups in total. The lowest BCUT2D eigenvalue weighted by molar-refractivity contribution is -0.120. The number of hydrogen-bond acceptors (Lipinski definition) is 5. The number of carbonyl (C=O) groups is 1. The smallest absolute Gasteiger partial charge is 0.262 e. The van der Waals surface area contributed by atoms with Crippen molar-refractivity contribution in [1.82, 2.24) is 18.8 Å². The minimum atomic E-state index is -3.63. The first kappa shape index (κ1) is 19.5. The van der Waals surface area contributed by atoms with E-state index in [-0.39, 0.29) is 22.9 Å². The Kier molecular flexibility index (Phi) is 5.61. The number of pyridine rings is 1. The van der Waals surface area contributed by atoms with Gasteiger partial charge in [-0.25, -0.2) is 18.4 Å². The lowest BCUT2D eigenvalue weighted by Crippen LogP contribution is -2.41. The summed E-state index contributed by atoms with van der Waals surface area (Å²) in [4.78, 5) is 20.6. The van der Waals surface area contributed by atoms with Crippen molar-refractivity contribution in [3.8, 4) is 0 Å². The largest absolute Gasteiger partial charge is 0.334 e. The topological polar surface area (TPSA) is 97.2 Å². The number of sulfonamides is 1. The molecule has 1 amide bonds. The molecule has 8 nitrogen and oxygen atoms in total. The highest BCUT2D eigenvalue weighted by Gasteiger charge is 2.33. The number of aromatic nitrogens is 3. The zero-order valence-corrected chi connectivity index (χ0v) is 16.6. The predicted molar refractivity (Wildman–Crippen MR) is 102 cm³/mol. The molecule has 2 aromatic rings. The first-order chi connectivity index (χ1) is 12.8. The Bertz CT molecular complexity index is 897. The van der Waals surface area contributed by atoms with Crippen molar-refractivity contribution >= 4 is 21.7 Å². The van der Waals surface area contributed by atoms with Crippen LogP contribution in [-0.4, -0.2) is 46.3 Å². The summed E-state index contributed by atoms with van der Waals surface area (Å²) in [5, 5.41) is 2.86. The second-order valence-electron chi connectivity index (χ2n) is 7.14. The second-order valence-corrected chi connectivity index (χ2v) is 9.03. The Balaban J connectivity index is 1.60. The quantitative estimate of drug-likeness (QED) is 0.843. The average molecular weight is 391 g/mol. The Morgan fingerprint density at radius 2 is 1.93 bits per heavy atom. The molecule has 0 saturated carbocycles. The van der Waals surface area contributed by atoms with Gasteiger partial charge in [0, 0.05) is 37.4 Å². The van der Waals surface area contributed by atoms with Crippen LogP contribution in [0.3, 0.4) is 0 Å². The molecular formula is C18H25N5O3S. The molecule has 0 atom stereocenters. The van der Waals surface area contributed by atoms with E-state index in [9.17, 15) is 13.2 Å². The van der Waals surface area contributed by atoms with E-state index in [0.29, 0.717) is 31.7 Å². The van der Waals surface area contributed by atoms with Gasteiger partial charge in [-0.3, -0.25) is 4.79 Å². The van der Waals surface area contributed by atoms with Gasteiger partial charge >= 0.3 is 0 Å². The maximum Gasteiger partial charge on any atom is 0.262 e. The number of rotatable bonds is 5. The van der Waals surface area contributed by atoms with E-state index >= 15 is 0 Å². The molecule has 3 rings (SSSR count). The third-order valence-electron chi connectivity index (χ3n) is 4.77. The molecule has 0 radical (unpaired) electrons. The van der Waals surface area contributed by atoms with E-state index in [4.69, 9.17) is 0 Å². The van der Waals surface area contributed by atoms with Crippen molar-refractivity contribution in [2.75, 3.05) is 18.4 Å². The van der Waals surface area contributed by atoms with Crippen molar-refractivity contribution < 1.29 is 13.2 Å². The Morgan fingerprint density at radius 1 is 1.22 bits per heavy atom. The summed E-state index contributed by atoms with van der Waals surface area (Å²) in [6, 6.07) is 3.79. The fraction of sp³-hybridized carbons (Fsp3) is 0.500. The van der Waals surface area contributed by atoms with Gasteiger partial charge in [0.15, 0.2) is 5.03 Å². The minimum Gasteiger partial charge on any atom is -0.334 e. The van der Waals surface area contributed by atoms with Crippen LogP contribution in [0.4, 0.5) is 5.82 Å². The van der Waals surface area contributed by atoms with E-state index in [1.54, 1.807) is 23.0 Å². The lowest BCUT2D eigenvalue weighted by Gasteiger charge is -2.29. The molecule has 1 fully saturated rings. The molecule has 0 unspecified atom stereocenters. The van der Waals surface area contributed by atoms with Crippen LogP contribution in [0.2, 0.25) is 0 Å². The minimum absolute atomic E-state index is 0.0583. The highest BCUT2D eigenvalue weighted by atomic mass is 32.2. The molecule has 146 valence electrons. The van der Waals surface area contributed by atoms with Crippen molar-refractivity contribution in [1.29, 1.82) is 0 Å². The highest BCUT2D eigenvalue weighted by Crippen LogP contribution is 2.24. The summed E-state index contributed by atoms with van der Waals surface area (Å²) < 4.78 is 28.7. The van der Waals surface area contributed by atoms with Crippen molar-refractivity contribution in [3.63, 3.8) is 0 Å². The van der Waals surface area contributed by atoms with Gasteiger partial charge in [-0.15, -0.1) is 0 Å². The highest BCUT2D eigenvalue weighted by molar-refractivity contribution is 7.89. The molecule has 1 saturated heterocycles. The van der Waals surface area contributed by atoms with Crippen LogP contribution in [0, 0.1) is 12.8 Å². The summed E-state index contributed by atoms with van der Waals surface area (Å²) in [7, 11) is -3.63. The number of anilines is 1. The van der Waals surface area contributed by atoms with Crippen LogP contribution >= 0.6 is 0 Å². The normalized spacial score (nSPS) is 16.6. The van der Waals surface area contributed by atoms with Gasteiger partial charge < -0.3 is 9.88 Å². The number of carbonyl (C=O) groups excluding carboxylic acids is 1. The van der Waals surface area contributed by atoms with E-state index in [1.165, 1.54) is 10.6 Å². The van der Waals surface area contributed by atoms with Gasteiger partial charge in [0.1, 0.15) is 5.82 Å². The molecule has 9 heteroatoms. The summed E-state index contributed by atoms with van der Waals surface area (Å²) in [5.74, 6) is 0.167. The van der Waals surface area contributed by atoms with Gasteiger partial charge in [-0.2, -0.15) is 4.31 Å². The zero-order chi connectivity index (χ0) is 19.6. The molecular weight excluding hydrogens is 366 g/mol. The molecule has 1 aliphatic heterocycles. The number of nitrogens with one attached hydrogen (secondary N) is 1. The number of piperidine rings is 1. The molecule has 0 aliphatic carbocycles. The molecule has 0 bridgehead atoms. The fourth-order valence-corrected chi connectivity index (χ4v) is 4.39. The Morgan fingerprint density at radius 3 is 2.48 bits per heavy atom. The SMILES string of the molecule is Cc1ccc(NC(=O)C2CCN(S(=O)(=O)c3cn(C(C)C)cn3)CC2)nc1. The molecule has 0 spiro atoms. The maximum atomic E-state index is 12.8.